The van der Waals surface area contributed by atoms with Gasteiger partial charge in [-0.05, 0) is 0 Å². The van der Waals surface area contributed by atoms with Crippen LogP contribution in [0.15, 0.2) is 0 Å². The Morgan fingerprint density at radius 2 is 1.50 bits per heavy atom. The van der Waals surface area contributed by atoms with Crippen molar-refractivity contribution in [3.8, 4) is 0 Å². The van der Waals surface area contributed by atoms with Crippen LogP contribution in [0.5, 0.6) is 0 Å². The van der Waals surface area contributed by atoms with Crippen molar-refractivity contribution >= 4 is 0 Å². The minimum atomic E-state index is 0. The zero-order valence-electron chi connectivity index (χ0n) is 5.82. The number of hydrogen-bond acceptors (Lipinski definition) is 0. The van der Waals surface area contributed by atoms with Gasteiger partial charge in [-0.1, -0.05) is 32.1 Å². The molecule has 1 fully saturated rings. The predicted octanol–water partition coefficient (Wildman–Crippen LogP) is -0.595. The summed E-state index contributed by atoms with van der Waals surface area (Å²) in [5.41, 5.74) is 0. The van der Waals surface area contributed by atoms with Gasteiger partial charge in [0, 0.05) is 0 Å². The summed E-state index contributed by atoms with van der Waals surface area (Å²) in [6.45, 7) is 4.00. The fourth-order valence-electron chi connectivity index (χ4n) is 1.19. The molecule has 0 saturated heterocycles. The van der Waals surface area contributed by atoms with Crippen LogP contribution in [-0.2, 0) is 0 Å². The molecule has 0 nitrogen and oxygen atoms in total. The van der Waals surface area contributed by atoms with E-state index in [9.17, 15) is 0 Å². The summed E-state index contributed by atoms with van der Waals surface area (Å²) < 4.78 is 0. The normalized spacial score (nSPS) is 22.1. The minimum absolute atomic E-state index is 0. The van der Waals surface area contributed by atoms with Crippen molar-refractivity contribution < 1.29 is 18.9 Å². The van der Waals surface area contributed by atoms with Gasteiger partial charge in [0.15, 0.2) is 0 Å². The fraction of sp³-hybridized carbons (Fsp3) is 0.857. The van der Waals surface area contributed by atoms with Crippen molar-refractivity contribution in [1.29, 1.82) is 0 Å². The van der Waals surface area contributed by atoms with Gasteiger partial charge >= 0.3 is 18.9 Å². The molecule has 42 valence electrons. The van der Waals surface area contributed by atoms with Gasteiger partial charge in [-0.15, -0.1) is 0 Å². The summed E-state index contributed by atoms with van der Waals surface area (Å²) in [7, 11) is 0. The molecule has 8 heavy (non-hydrogen) atoms. The summed E-state index contributed by atoms with van der Waals surface area (Å²) >= 11 is 0. The molecule has 0 amide bonds. The standard InChI is InChI=1S/C7H13.Li/c1-7-5-3-2-4-6-7;/h7H,1-6H2;/q-1;+1. The Kier molecular flexibility index (Phi) is 4.81. The maximum Gasteiger partial charge on any atom is 1.00 e. The van der Waals surface area contributed by atoms with Crippen molar-refractivity contribution in [3.05, 3.63) is 6.92 Å². The van der Waals surface area contributed by atoms with Crippen molar-refractivity contribution in [2.24, 2.45) is 5.92 Å². The zero-order valence-corrected chi connectivity index (χ0v) is 5.82. The second kappa shape index (κ2) is 4.47. The first-order valence-electron chi connectivity index (χ1n) is 3.22. The molecule has 0 aromatic heterocycles. The Labute approximate surface area is 64.2 Å². The first-order valence-corrected chi connectivity index (χ1v) is 3.22. The van der Waals surface area contributed by atoms with Gasteiger partial charge in [-0.25, -0.2) is 0 Å². The van der Waals surface area contributed by atoms with Gasteiger partial charge in [0.05, 0.1) is 0 Å². The second-order valence-corrected chi connectivity index (χ2v) is 2.50. The van der Waals surface area contributed by atoms with Crippen molar-refractivity contribution in [2.45, 2.75) is 32.1 Å². The minimum Gasteiger partial charge on any atom is -0.340 e. The summed E-state index contributed by atoms with van der Waals surface area (Å²) in [4.78, 5) is 0. The third-order valence-corrected chi connectivity index (χ3v) is 1.72. The van der Waals surface area contributed by atoms with Crippen LogP contribution >= 0.6 is 0 Å². The second-order valence-electron chi connectivity index (χ2n) is 2.50. The van der Waals surface area contributed by atoms with Crippen LogP contribution < -0.4 is 18.9 Å². The molecular weight excluding hydrogens is 91.0 g/mol. The van der Waals surface area contributed by atoms with E-state index in [1.54, 1.807) is 0 Å². The van der Waals surface area contributed by atoms with E-state index in [-0.39, 0.29) is 18.9 Å². The van der Waals surface area contributed by atoms with E-state index in [1.165, 1.54) is 32.1 Å². The third-order valence-electron chi connectivity index (χ3n) is 1.72. The van der Waals surface area contributed by atoms with E-state index in [0.29, 0.717) is 0 Å². The maximum atomic E-state index is 4.00. The predicted molar refractivity (Wildman–Crippen MR) is 31.9 cm³/mol. The van der Waals surface area contributed by atoms with Crippen molar-refractivity contribution in [2.75, 3.05) is 0 Å². The van der Waals surface area contributed by atoms with E-state index >= 15 is 0 Å². The quantitative estimate of drug-likeness (QED) is 0.284. The van der Waals surface area contributed by atoms with Crippen LogP contribution in [-0.4, -0.2) is 0 Å². The van der Waals surface area contributed by atoms with Gasteiger partial charge in [0.2, 0.25) is 0 Å². The molecule has 0 atom stereocenters. The largest absolute Gasteiger partial charge is 1.00 e. The molecule has 0 unspecified atom stereocenters. The molecule has 0 spiro atoms. The van der Waals surface area contributed by atoms with E-state index in [0.717, 1.165) is 5.92 Å². The summed E-state index contributed by atoms with van der Waals surface area (Å²) in [6, 6.07) is 0. The Bertz CT molecular complexity index is 46.3. The van der Waals surface area contributed by atoms with Gasteiger partial charge in [-0.2, -0.15) is 5.92 Å². The molecule has 0 radical (unpaired) electrons. The van der Waals surface area contributed by atoms with E-state index in [2.05, 4.69) is 6.92 Å². The first-order chi connectivity index (χ1) is 3.39. The molecule has 0 aromatic rings. The van der Waals surface area contributed by atoms with E-state index in [1.807, 2.05) is 0 Å². The maximum absolute atomic E-state index is 4.00. The van der Waals surface area contributed by atoms with Crippen LogP contribution in [0.25, 0.3) is 0 Å². The van der Waals surface area contributed by atoms with Gasteiger partial charge in [0.1, 0.15) is 0 Å². The Morgan fingerprint density at radius 3 is 1.75 bits per heavy atom. The zero-order chi connectivity index (χ0) is 5.11. The molecule has 0 bridgehead atoms. The smallest absolute Gasteiger partial charge is 0.340 e. The average molecular weight is 104 g/mol. The molecule has 0 heterocycles. The molecule has 1 rings (SSSR count). The van der Waals surface area contributed by atoms with Gasteiger partial charge in [0.25, 0.3) is 0 Å². The summed E-state index contributed by atoms with van der Waals surface area (Å²) in [6.07, 6.45) is 7.05. The molecule has 0 aromatic carbocycles. The Hall–Kier alpha value is 0.597. The topological polar surface area (TPSA) is 0 Å². The van der Waals surface area contributed by atoms with E-state index in [4.69, 9.17) is 0 Å². The Morgan fingerprint density at radius 1 is 1.00 bits per heavy atom. The van der Waals surface area contributed by atoms with Crippen molar-refractivity contribution in [3.63, 3.8) is 0 Å². The van der Waals surface area contributed by atoms with Crippen LogP contribution in [0.4, 0.5) is 0 Å². The average Bonchev–Trinajstić information content (AvgIpc) is 1.69. The van der Waals surface area contributed by atoms with Crippen LogP contribution in [0.2, 0.25) is 0 Å². The number of rotatable bonds is 0. The first kappa shape index (κ1) is 8.60. The van der Waals surface area contributed by atoms with Crippen molar-refractivity contribution in [1.82, 2.24) is 0 Å². The SMILES string of the molecule is [CH2-]C1CCCCC1.[Li+]. The van der Waals surface area contributed by atoms with Crippen LogP contribution in [0.3, 0.4) is 0 Å². The van der Waals surface area contributed by atoms with E-state index < -0.39 is 0 Å². The Balaban J connectivity index is 0.000000490. The molecule has 1 heteroatoms. The number of hydrogen-bond donors (Lipinski definition) is 0. The fourth-order valence-corrected chi connectivity index (χ4v) is 1.19. The molecule has 0 aliphatic heterocycles. The van der Waals surface area contributed by atoms with Crippen LogP contribution in [0.1, 0.15) is 32.1 Å². The third kappa shape index (κ3) is 2.80. The molecule has 0 N–H and O–H groups in total. The van der Waals surface area contributed by atoms with Gasteiger partial charge < -0.3 is 6.92 Å². The molecular formula is C7H13Li. The summed E-state index contributed by atoms with van der Waals surface area (Å²) in [5, 5.41) is 0. The molecule has 1 aliphatic rings. The molecule has 1 saturated carbocycles. The summed E-state index contributed by atoms with van der Waals surface area (Å²) in [5.74, 6) is 0.786. The van der Waals surface area contributed by atoms with Crippen LogP contribution in [0, 0.1) is 12.8 Å². The molecule has 1 aliphatic carbocycles. The van der Waals surface area contributed by atoms with Gasteiger partial charge in [-0.3, -0.25) is 0 Å². The monoisotopic (exact) mass is 104 g/mol.